The maximum absolute atomic E-state index is 13.3. The fourth-order valence-corrected chi connectivity index (χ4v) is 3.92. The van der Waals surface area contributed by atoms with Crippen LogP contribution in [0.25, 0.3) is 17.0 Å². The molecule has 6 nitrogen and oxygen atoms in total. The lowest BCUT2D eigenvalue weighted by Gasteiger charge is -2.18. The van der Waals surface area contributed by atoms with E-state index in [1.54, 1.807) is 24.5 Å². The number of hydrogen-bond donors (Lipinski definition) is 0. The van der Waals surface area contributed by atoms with Gasteiger partial charge < -0.3 is 4.90 Å². The van der Waals surface area contributed by atoms with Gasteiger partial charge in [0.25, 0.3) is 0 Å². The lowest BCUT2D eigenvalue weighted by Crippen LogP contribution is -2.21. The van der Waals surface area contributed by atoms with Gasteiger partial charge >= 0.3 is 0 Å². The first kappa shape index (κ1) is 16.8. The molecule has 1 aliphatic rings. The predicted octanol–water partition coefficient (Wildman–Crippen LogP) is 3.63. The maximum atomic E-state index is 13.3. The molecular formula is C21H19FN6. The number of anilines is 1. The minimum atomic E-state index is -0.248. The molecule has 3 aromatic heterocycles. The second-order valence-electron chi connectivity index (χ2n) is 7.05. The lowest BCUT2D eigenvalue weighted by atomic mass is 10.0. The van der Waals surface area contributed by atoms with E-state index in [0.29, 0.717) is 11.7 Å². The van der Waals surface area contributed by atoms with Crippen LogP contribution in [-0.4, -0.2) is 37.4 Å². The highest BCUT2D eigenvalue weighted by molar-refractivity contribution is 5.63. The quantitative estimate of drug-likeness (QED) is 0.548. The number of nitrogens with zero attached hydrogens (tertiary/aromatic N) is 6. The van der Waals surface area contributed by atoms with Crippen molar-refractivity contribution in [3.8, 4) is 11.3 Å². The van der Waals surface area contributed by atoms with E-state index in [2.05, 4.69) is 35.3 Å². The van der Waals surface area contributed by atoms with E-state index in [1.165, 1.54) is 12.1 Å². The van der Waals surface area contributed by atoms with Gasteiger partial charge in [0.1, 0.15) is 17.5 Å². The van der Waals surface area contributed by atoms with Gasteiger partial charge in [-0.3, -0.25) is 4.40 Å². The van der Waals surface area contributed by atoms with Gasteiger partial charge in [-0.25, -0.2) is 24.3 Å². The number of rotatable bonds is 3. The van der Waals surface area contributed by atoms with E-state index < -0.39 is 0 Å². The number of fused-ring (bicyclic) bond motifs is 1. The van der Waals surface area contributed by atoms with Crippen molar-refractivity contribution in [2.75, 3.05) is 18.0 Å². The third kappa shape index (κ3) is 2.89. The molecule has 0 unspecified atom stereocenters. The molecule has 7 heteroatoms. The van der Waals surface area contributed by atoms with Gasteiger partial charge in [-0.1, -0.05) is 0 Å². The standard InChI is InChI=1S/C21H19FN6/c1-14-23-10-7-20(26-14)27-11-8-16(13-27)18-6-9-24-21-25-12-19(28(18)21)15-2-4-17(22)5-3-15/h2-7,9-10,12,16H,8,11,13H2,1H3/t16-/m1/s1. The highest BCUT2D eigenvalue weighted by atomic mass is 19.1. The molecule has 0 amide bonds. The molecule has 0 radical (unpaired) electrons. The molecule has 1 fully saturated rings. The van der Waals surface area contributed by atoms with Crippen molar-refractivity contribution in [1.29, 1.82) is 0 Å². The Morgan fingerprint density at radius 2 is 1.82 bits per heavy atom. The summed E-state index contributed by atoms with van der Waals surface area (Å²) in [6, 6.07) is 10.5. The van der Waals surface area contributed by atoms with Crippen molar-refractivity contribution < 1.29 is 4.39 Å². The summed E-state index contributed by atoms with van der Waals surface area (Å²) in [6.07, 6.45) is 6.44. The first-order chi connectivity index (χ1) is 13.7. The van der Waals surface area contributed by atoms with Gasteiger partial charge in [0, 0.05) is 42.7 Å². The van der Waals surface area contributed by atoms with E-state index in [9.17, 15) is 4.39 Å². The average molecular weight is 374 g/mol. The molecule has 0 spiro atoms. The zero-order valence-corrected chi connectivity index (χ0v) is 15.5. The highest BCUT2D eigenvalue weighted by Crippen LogP contribution is 2.32. The summed E-state index contributed by atoms with van der Waals surface area (Å²) in [5.74, 6) is 2.48. The van der Waals surface area contributed by atoms with Gasteiger partial charge in [-0.2, -0.15) is 0 Å². The molecule has 5 rings (SSSR count). The van der Waals surface area contributed by atoms with E-state index in [-0.39, 0.29) is 5.82 Å². The van der Waals surface area contributed by atoms with Crippen molar-refractivity contribution in [3.63, 3.8) is 0 Å². The van der Waals surface area contributed by atoms with Gasteiger partial charge in [-0.05, 0) is 49.7 Å². The number of hydrogen-bond acceptors (Lipinski definition) is 5. The summed E-state index contributed by atoms with van der Waals surface area (Å²) >= 11 is 0. The Hall–Kier alpha value is -3.35. The summed E-state index contributed by atoms with van der Waals surface area (Å²) in [6.45, 7) is 3.71. The molecule has 28 heavy (non-hydrogen) atoms. The number of aromatic nitrogens is 5. The van der Waals surface area contributed by atoms with E-state index in [4.69, 9.17) is 0 Å². The molecule has 140 valence electrons. The summed E-state index contributed by atoms with van der Waals surface area (Å²) in [5.41, 5.74) is 3.01. The van der Waals surface area contributed by atoms with E-state index >= 15 is 0 Å². The van der Waals surface area contributed by atoms with Crippen molar-refractivity contribution in [3.05, 3.63) is 72.3 Å². The zero-order valence-electron chi connectivity index (χ0n) is 15.5. The Bertz CT molecular complexity index is 1140. The monoisotopic (exact) mass is 374 g/mol. The van der Waals surface area contributed by atoms with Crippen LogP contribution < -0.4 is 4.90 Å². The molecule has 1 aliphatic heterocycles. The van der Waals surface area contributed by atoms with Crippen molar-refractivity contribution in [2.45, 2.75) is 19.3 Å². The summed E-state index contributed by atoms with van der Waals surface area (Å²) < 4.78 is 15.4. The Labute approximate surface area is 161 Å². The molecular weight excluding hydrogens is 355 g/mol. The normalized spacial score (nSPS) is 16.8. The number of benzene rings is 1. The van der Waals surface area contributed by atoms with Crippen molar-refractivity contribution in [2.24, 2.45) is 0 Å². The minimum absolute atomic E-state index is 0.248. The first-order valence-electron chi connectivity index (χ1n) is 9.32. The van der Waals surface area contributed by atoms with Crippen LogP contribution in [-0.2, 0) is 0 Å². The number of aryl methyl sites for hydroxylation is 1. The Morgan fingerprint density at radius 3 is 2.64 bits per heavy atom. The van der Waals surface area contributed by atoms with Crippen LogP contribution in [0.1, 0.15) is 23.9 Å². The molecule has 1 aromatic carbocycles. The number of halogens is 1. The van der Waals surface area contributed by atoms with Crippen LogP contribution in [0.3, 0.4) is 0 Å². The summed E-state index contributed by atoms with van der Waals surface area (Å²) in [5, 5.41) is 0. The predicted molar refractivity (Wildman–Crippen MR) is 105 cm³/mol. The largest absolute Gasteiger partial charge is 0.356 e. The molecule has 1 atom stereocenters. The molecule has 0 aliphatic carbocycles. The second kappa shape index (κ2) is 6.67. The van der Waals surface area contributed by atoms with Gasteiger partial charge in [0.2, 0.25) is 5.78 Å². The fraction of sp³-hybridized carbons (Fsp3) is 0.238. The van der Waals surface area contributed by atoms with Crippen LogP contribution in [0.5, 0.6) is 0 Å². The molecule has 0 N–H and O–H groups in total. The lowest BCUT2D eigenvalue weighted by molar-refractivity contribution is 0.628. The summed E-state index contributed by atoms with van der Waals surface area (Å²) in [7, 11) is 0. The molecule has 4 heterocycles. The topological polar surface area (TPSA) is 59.2 Å². The molecule has 1 saturated heterocycles. The van der Waals surface area contributed by atoms with E-state index in [0.717, 1.165) is 48.1 Å². The summed E-state index contributed by atoms with van der Waals surface area (Å²) in [4.78, 5) is 19.9. The van der Waals surface area contributed by atoms with E-state index in [1.807, 2.05) is 19.2 Å². The SMILES string of the molecule is Cc1nccc(N2CC[C@@H](c3ccnc4ncc(-c5ccc(F)cc5)n34)C2)n1. The number of imidazole rings is 1. The molecule has 0 bridgehead atoms. The van der Waals surface area contributed by atoms with Gasteiger partial charge in [0.05, 0.1) is 11.9 Å². The third-order valence-electron chi connectivity index (χ3n) is 5.27. The third-order valence-corrected chi connectivity index (χ3v) is 5.27. The fourth-order valence-electron chi connectivity index (χ4n) is 3.92. The van der Waals surface area contributed by atoms with Crippen molar-refractivity contribution >= 4 is 11.6 Å². The smallest absolute Gasteiger partial charge is 0.234 e. The van der Waals surface area contributed by atoms with Gasteiger partial charge in [0.15, 0.2) is 0 Å². The van der Waals surface area contributed by atoms with Crippen LogP contribution in [0.4, 0.5) is 10.2 Å². The van der Waals surface area contributed by atoms with Gasteiger partial charge in [-0.15, -0.1) is 0 Å². The van der Waals surface area contributed by atoms with Crippen LogP contribution in [0.2, 0.25) is 0 Å². The molecule has 4 aromatic rings. The highest BCUT2D eigenvalue weighted by Gasteiger charge is 2.27. The Kier molecular flexibility index (Phi) is 4.00. The van der Waals surface area contributed by atoms with Crippen LogP contribution in [0.15, 0.2) is 55.0 Å². The average Bonchev–Trinajstić information content (AvgIpc) is 3.36. The molecule has 0 saturated carbocycles. The second-order valence-corrected chi connectivity index (χ2v) is 7.05. The Balaban J connectivity index is 1.53. The Morgan fingerprint density at radius 1 is 1.00 bits per heavy atom. The maximum Gasteiger partial charge on any atom is 0.234 e. The minimum Gasteiger partial charge on any atom is -0.356 e. The van der Waals surface area contributed by atoms with Crippen molar-refractivity contribution in [1.82, 2.24) is 24.3 Å². The zero-order chi connectivity index (χ0) is 19.1. The first-order valence-corrected chi connectivity index (χ1v) is 9.32. The van der Waals surface area contributed by atoms with Crippen LogP contribution >= 0.6 is 0 Å². The van der Waals surface area contributed by atoms with Crippen LogP contribution in [0, 0.1) is 12.7 Å².